The Morgan fingerprint density at radius 2 is 1.33 bits per heavy atom. The molecule has 0 aromatic heterocycles. The van der Waals surface area contributed by atoms with Crippen molar-refractivity contribution in [2.45, 2.75) is 65.2 Å². The van der Waals surface area contributed by atoms with E-state index >= 15 is 0 Å². The Labute approximate surface area is 217 Å². The van der Waals surface area contributed by atoms with E-state index in [1.165, 1.54) is 47.9 Å². The maximum Gasteiger partial charge on any atom is 0.147 e. The Bertz CT molecular complexity index is 1050. The summed E-state index contributed by atoms with van der Waals surface area (Å²) in [6.07, 6.45) is 8.72. The third-order valence-corrected chi connectivity index (χ3v) is 6.41. The third kappa shape index (κ3) is 9.64. The van der Waals surface area contributed by atoms with Crippen molar-refractivity contribution >= 4 is 0 Å². The number of phenols is 1. The van der Waals surface area contributed by atoms with Crippen molar-refractivity contribution in [3.05, 3.63) is 101 Å². The fourth-order valence-electron chi connectivity index (χ4n) is 4.27. The summed E-state index contributed by atoms with van der Waals surface area (Å²) in [6.45, 7) is 9.37. The Morgan fingerprint density at radius 1 is 0.722 bits per heavy atom. The van der Waals surface area contributed by atoms with Crippen LogP contribution < -0.4 is 0 Å². The Hall–Kier alpha value is -2.88. The van der Waals surface area contributed by atoms with Crippen molar-refractivity contribution in [1.82, 2.24) is 0 Å². The van der Waals surface area contributed by atoms with E-state index in [0.29, 0.717) is 19.0 Å². The number of benzene rings is 3. The summed E-state index contributed by atoms with van der Waals surface area (Å²) in [7, 11) is 0. The van der Waals surface area contributed by atoms with Gasteiger partial charge in [0.2, 0.25) is 0 Å². The molecule has 0 fully saturated rings. The van der Waals surface area contributed by atoms with Gasteiger partial charge in [0.05, 0.1) is 6.61 Å². The van der Waals surface area contributed by atoms with Crippen LogP contribution in [0.3, 0.4) is 0 Å². The molecule has 192 valence electrons. The van der Waals surface area contributed by atoms with Crippen LogP contribution in [0.2, 0.25) is 0 Å². The quantitative estimate of drug-likeness (QED) is 0.126. The van der Waals surface area contributed by atoms with Crippen LogP contribution >= 0.6 is 0 Å². The molecule has 0 aliphatic heterocycles. The van der Waals surface area contributed by atoms with Crippen LogP contribution in [0.25, 0.3) is 11.1 Å². The topological polar surface area (TPSA) is 38.7 Å². The fraction of sp³-hybridized carbons (Fsp3) is 0.394. The maximum atomic E-state index is 10.3. The zero-order valence-corrected chi connectivity index (χ0v) is 22.1. The molecule has 0 aliphatic carbocycles. The summed E-state index contributed by atoms with van der Waals surface area (Å²) in [5.74, 6) is 0.338. The molecule has 1 N–H and O–H groups in total. The van der Waals surface area contributed by atoms with Crippen LogP contribution in [0.15, 0.2) is 78.9 Å². The zero-order chi connectivity index (χ0) is 25.6. The molecule has 36 heavy (non-hydrogen) atoms. The molecule has 0 saturated carbocycles. The molecule has 0 amide bonds. The highest BCUT2D eigenvalue weighted by atomic mass is 16.7. The van der Waals surface area contributed by atoms with Gasteiger partial charge in [-0.1, -0.05) is 86.5 Å². The normalized spacial score (nSPS) is 11.1. The van der Waals surface area contributed by atoms with Gasteiger partial charge in [-0.15, -0.1) is 0 Å². The van der Waals surface area contributed by atoms with Gasteiger partial charge in [0.25, 0.3) is 0 Å². The first-order valence-electron chi connectivity index (χ1n) is 13.3. The molecular weight excluding hydrogens is 444 g/mol. The molecular formula is C33H42O3. The van der Waals surface area contributed by atoms with Crippen molar-refractivity contribution in [3.8, 4) is 16.9 Å². The van der Waals surface area contributed by atoms with Crippen LogP contribution in [-0.4, -0.2) is 25.1 Å². The van der Waals surface area contributed by atoms with Crippen molar-refractivity contribution < 1.29 is 14.6 Å². The van der Waals surface area contributed by atoms with Crippen molar-refractivity contribution in [2.24, 2.45) is 0 Å². The molecule has 0 unspecified atom stereocenters. The van der Waals surface area contributed by atoms with Crippen LogP contribution in [0.5, 0.6) is 5.75 Å². The van der Waals surface area contributed by atoms with Crippen LogP contribution in [0.4, 0.5) is 0 Å². The number of hydrogen-bond acceptors (Lipinski definition) is 3. The van der Waals surface area contributed by atoms with Crippen LogP contribution in [0, 0.1) is 0 Å². The number of hydrogen-bond donors (Lipinski definition) is 1. The molecule has 0 bridgehead atoms. The summed E-state index contributed by atoms with van der Waals surface area (Å²) in [5, 5.41) is 10.3. The lowest BCUT2D eigenvalue weighted by atomic mass is 9.97. The Balaban J connectivity index is 1.47. The molecule has 0 spiro atoms. The van der Waals surface area contributed by atoms with Crippen LogP contribution in [-0.2, 0) is 35.2 Å². The lowest BCUT2D eigenvalue weighted by Gasteiger charge is -2.10. The summed E-state index contributed by atoms with van der Waals surface area (Å²) in [5.41, 5.74) is 8.41. The second kappa shape index (κ2) is 15.3. The average molecular weight is 487 g/mol. The van der Waals surface area contributed by atoms with Crippen molar-refractivity contribution in [2.75, 3.05) is 20.0 Å². The molecule has 0 radical (unpaired) electrons. The standard InChI is InChI=1S/C33H42O3/c1-4-5-6-8-27-10-12-28(13-11-27)14-15-29-16-18-30(19-17-29)31-20-21-33(34)32(23-31)9-7-22-35-25-36-24-26(2)3/h10-13,16-21,23,34H,2,4-9,14-15,22,24-25H2,1,3H3. The first kappa shape index (κ1) is 27.7. The summed E-state index contributed by atoms with van der Waals surface area (Å²) in [6, 6.07) is 23.8. The predicted octanol–water partition coefficient (Wildman–Crippen LogP) is 8.08. The molecule has 3 nitrogen and oxygen atoms in total. The Morgan fingerprint density at radius 3 is 1.97 bits per heavy atom. The minimum Gasteiger partial charge on any atom is -0.508 e. The van der Waals surface area contributed by atoms with Gasteiger partial charge >= 0.3 is 0 Å². The van der Waals surface area contributed by atoms with E-state index in [1.807, 2.05) is 13.0 Å². The first-order valence-corrected chi connectivity index (χ1v) is 13.3. The molecule has 3 heteroatoms. The van der Waals surface area contributed by atoms with Crippen molar-refractivity contribution in [3.63, 3.8) is 0 Å². The van der Waals surface area contributed by atoms with Gasteiger partial charge in [0, 0.05) is 6.61 Å². The maximum absolute atomic E-state index is 10.3. The highest BCUT2D eigenvalue weighted by molar-refractivity contribution is 5.66. The highest BCUT2D eigenvalue weighted by Crippen LogP contribution is 2.27. The van der Waals surface area contributed by atoms with E-state index in [0.717, 1.165) is 42.4 Å². The molecule has 3 rings (SSSR count). The summed E-state index contributed by atoms with van der Waals surface area (Å²) < 4.78 is 10.9. The van der Waals surface area contributed by atoms with Gasteiger partial charge in [0.1, 0.15) is 12.5 Å². The Kier molecular flexibility index (Phi) is 11.8. The molecule has 0 aliphatic rings. The number of phenolic OH excluding ortho intramolecular Hbond substituents is 1. The first-order chi connectivity index (χ1) is 17.5. The molecule has 3 aromatic rings. The van der Waals surface area contributed by atoms with E-state index in [4.69, 9.17) is 9.47 Å². The number of aryl methyl sites for hydroxylation is 4. The second-order valence-corrected chi connectivity index (χ2v) is 9.75. The second-order valence-electron chi connectivity index (χ2n) is 9.75. The largest absolute Gasteiger partial charge is 0.508 e. The van der Waals surface area contributed by atoms with E-state index in [1.54, 1.807) is 6.07 Å². The van der Waals surface area contributed by atoms with E-state index in [9.17, 15) is 5.11 Å². The number of unbranched alkanes of at least 4 members (excludes halogenated alkanes) is 2. The monoisotopic (exact) mass is 486 g/mol. The van der Waals surface area contributed by atoms with Gasteiger partial charge in [0.15, 0.2) is 0 Å². The molecule has 0 saturated heterocycles. The van der Waals surface area contributed by atoms with Gasteiger partial charge in [-0.3, -0.25) is 0 Å². The number of aromatic hydroxyl groups is 1. The fourth-order valence-corrected chi connectivity index (χ4v) is 4.27. The smallest absolute Gasteiger partial charge is 0.147 e. The number of ether oxygens (including phenoxy) is 2. The lowest BCUT2D eigenvalue weighted by Crippen LogP contribution is -2.04. The highest BCUT2D eigenvalue weighted by Gasteiger charge is 2.06. The average Bonchev–Trinajstić information content (AvgIpc) is 2.89. The van der Waals surface area contributed by atoms with Crippen molar-refractivity contribution in [1.29, 1.82) is 0 Å². The van der Waals surface area contributed by atoms with Gasteiger partial charge in [-0.05, 0) is 91.0 Å². The van der Waals surface area contributed by atoms with Gasteiger partial charge < -0.3 is 14.6 Å². The summed E-state index contributed by atoms with van der Waals surface area (Å²) in [4.78, 5) is 0. The van der Waals surface area contributed by atoms with E-state index in [-0.39, 0.29) is 6.79 Å². The van der Waals surface area contributed by atoms with E-state index < -0.39 is 0 Å². The van der Waals surface area contributed by atoms with Gasteiger partial charge in [-0.25, -0.2) is 0 Å². The minimum atomic E-state index is 0.273. The molecule has 0 heterocycles. The van der Waals surface area contributed by atoms with E-state index in [2.05, 4.69) is 68.1 Å². The van der Waals surface area contributed by atoms with Crippen LogP contribution in [0.1, 0.15) is 61.8 Å². The predicted molar refractivity (Wildman–Crippen MR) is 151 cm³/mol. The molecule has 3 aromatic carbocycles. The molecule has 0 atom stereocenters. The zero-order valence-electron chi connectivity index (χ0n) is 22.1. The summed E-state index contributed by atoms with van der Waals surface area (Å²) >= 11 is 0. The SMILES string of the molecule is C=C(C)COCOCCCc1cc(-c2ccc(CCc3ccc(CCCCC)cc3)cc2)ccc1O. The third-order valence-electron chi connectivity index (χ3n) is 6.41. The minimum absolute atomic E-state index is 0.273. The van der Waals surface area contributed by atoms with Gasteiger partial charge in [-0.2, -0.15) is 0 Å². The number of rotatable bonds is 16. The lowest BCUT2D eigenvalue weighted by molar-refractivity contribution is -0.0463.